The molecule has 3 aliphatic carbocycles. The molecule has 3 nitrogen and oxygen atoms in total. The second kappa shape index (κ2) is 4.60. The molecule has 3 rings (SSSR count). The Morgan fingerprint density at radius 2 is 1.59 bits per heavy atom. The summed E-state index contributed by atoms with van der Waals surface area (Å²) in [5, 5.41) is 0. The van der Waals surface area contributed by atoms with Crippen molar-refractivity contribution in [1.82, 2.24) is 4.90 Å². The van der Waals surface area contributed by atoms with Crippen LogP contribution in [0, 0.1) is 17.8 Å². The summed E-state index contributed by atoms with van der Waals surface area (Å²) in [5.74, 6) is 2.10. The number of nitrogens with two attached hydrogens (primary N) is 1. The molecule has 0 aromatic heterocycles. The van der Waals surface area contributed by atoms with Gasteiger partial charge in [0.15, 0.2) is 0 Å². The molecular weight excluding hydrogens is 212 g/mol. The van der Waals surface area contributed by atoms with E-state index in [2.05, 4.69) is 4.90 Å². The van der Waals surface area contributed by atoms with Gasteiger partial charge in [-0.2, -0.15) is 0 Å². The molecule has 3 saturated carbocycles. The molecule has 1 amide bonds. The topological polar surface area (TPSA) is 46.3 Å². The summed E-state index contributed by atoms with van der Waals surface area (Å²) in [6.45, 7) is 2.02. The van der Waals surface area contributed by atoms with Crippen molar-refractivity contribution >= 4 is 5.91 Å². The summed E-state index contributed by atoms with van der Waals surface area (Å²) in [6, 6.07) is 0.128. The molecule has 3 heteroatoms. The average Bonchev–Trinajstić information content (AvgIpc) is 3.21. The molecule has 3 aliphatic rings. The Balaban J connectivity index is 1.60. The third-order valence-electron chi connectivity index (χ3n) is 4.55. The lowest BCUT2D eigenvalue weighted by molar-refractivity contribution is -0.136. The van der Waals surface area contributed by atoms with Crippen LogP contribution in [0.5, 0.6) is 0 Å². The molecule has 0 saturated heterocycles. The number of carbonyl (C=O) groups excluding carboxylic acids is 1. The van der Waals surface area contributed by atoms with Crippen LogP contribution in [0.2, 0.25) is 0 Å². The third kappa shape index (κ3) is 2.82. The van der Waals surface area contributed by atoms with Crippen LogP contribution in [-0.2, 0) is 4.79 Å². The smallest absolute Gasteiger partial charge is 0.227 e. The molecule has 0 radical (unpaired) electrons. The van der Waals surface area contributed by atoms with Crippen molar-refractivity contribution in [2.75, 3.05) is 13.1 Å². The maximum absolute atomic E-state index is 12.5. The van der Waals surface area contributed by atoms with Crippen LogP contribution in [0.1, 0.15) is 44.9 Å². The zero-order valence-electron chi connectivity index (χ0n) is 10.6. The van der Waals surface area contributed by atoms with Gasteiger partial charge in [-0.05, 0) is 50.4 Å². The average molecular weight is 236 g/mol. The van der Waals surface area contributed by atoms with Gasteiger partial charge in [0.2, 0.25) is 5.91 Å². The van der Waals surface area contributed by atoms with E-state index in [1.54, 1.807) is 0 Å². The third-order valence-corrected chi connectivity index (χ3v) is 4.55. The molecule has 3 fully saturated rings. The van der Waals surface area contributed by atoms with Crippen molar-refractivity contribution in [2.45, 2.75) is 51.0 Å². The van der Waals surface area contributed by atoms with Crippen LogP contribution in [0.15, 0.2) is 0 Å². The molecule has 2 N–H and O–H groups in total. The monoisotopic (exact) mass is 236 g/mol. The van der Waals surface area contributed by atoms with Gasteiger partial charge < -0.3 is 10.6 Å². The summed E-state index contributed by atoms with van der Waals surface area (Å²) in [4.78, 5) is 14.7. The Morgan fingerprint density at radius 1 is 1.00 bits per heavy atom. The van der Waals surface area contributed by atoms with E-state index in [1.807, 2.05) is 0 Å². The number of hydrogen-bond acceptors (Lipinski definition) is 2. The van der Waals surface area contributed by atoms with Crippen molar-refractivity contribution in [1.29, 1.82) is 0 Å². The fraction of sp³-hybridized carbons (Fsp3) is 0.929. The van der Waals surface area contributed by atoms with Gasteiger partial charge in [0.25, 0.3) is 0 Å². The predicted octanol–water partition coefficient (Wildman–Crippen LogP) is 1.76. The first-order valence-corrected chi connectivity index (χ1v) is 7.28. The molecular formula is C14H24N2O. The second-order valence-electron chi connectivity index (χ2n) is 6.33. The van der Waals surface area contributed by atoms with Gasteiger partial charge in [0, 0.05) is 19.1 Å². The Morgan fingerprint density at radius 3 is 2.00 bits per heavy atom. The minimum atomic E-state index is 0.128. The molecule has 0 heterocycles. The lowest BCUT2D eigenvalue weighted by atomic mass is 10.0. The first-order chi connectivity index (χ1) is 8.24. The lowest BCUT2D eigenvalue weighted by Crippen LogP contribution is -2.43. The number of rotatable bonds is 5. The van der Waals surface area contributed by atoms with Gasteiger partial charge in [-0.3, -0.25) is 4.79 Å². The van der Waals surface area contributed by atoms with E-state index in [0.29, 0.717) is 5.91 Å². The Labute approximate surface area is 104 Å². The highest BCUT2D eigenvalue weighted by Gasteiger charge is 2.37. The van der Waals surface area contributed by atoms with E-state index < -0.39 is 0 Å². The largest absolute Gasteiger partial charge is 0.342 e. The highest BCUT2D eigenvalue weighted by molar-refractivity contribution is 5.80. The fourth-order valence-corrected chi connectivity index (χ4v) is 3.01. The van der Waals surface area contributed by atoms with Crippen LogP contribution in [0.4, 0.5) is 0 Å². The molecule has 0 bridgehead atoms. The maximum atomic E-state index is 12.5. The first-order valence-electron chi connectivity index (χ1n) is 7.28. The van der Waals surface area contributed by atoms with Crippen LogP contribution < -0.4 is 5.73 Å². The van der Waals surface area contributed by atoms with Crippen LogP contribution in [-0.4, -0.2) is 29.9 Å². The highest BCUT2D eigenvalue weighted by atomic mass is 16.2. The van der Waals surface area contributed by atoms with Gasteiger partial charge >= 0.3 is 0 Å². The molecule has 96 valence electrons. The molecule has 0 aromatic rings. The molecule has 0 aliphatic heterocycles. The molecule has 17 heavy (non-hydrogen) atoms. The van der Waals surface area contributed by atoms with E-state index in [1.165, 1.54) is 25.7 Å². The van der Waals surface area contributed by atoms with Crippen LogP contribution in [0.25, 0.3) is 0 Å². The van der Waals surface area contributed by atoms with E-state index in [9.17, 15) is 4.79 Å². The van der Waals surface area contributed by atoms with Gasteiger partial charge in [-0.1, -0.05) is 6.42 Å². The zero-order valence-corrected chi connectivity index (χ0v) is 10.6. The zero-order chi connectivity index (χ0) is 11.8. The van der Waals surface area contributed by atoms with E-state index in [-0.39, 0.29) is 12.0 Å². The number of carbonyl (C=O) groups is 1. The number of nitrogens with zero attached hydrogens (tertiary/aromatic N) is 1. The predicted molar refractivity (Wildman–Crippen MR) is 67.3 cm³/mol. The first kappa shape index (κ1) is 11.5. The van der Waals surface area contributed by atoms with E-state index in [0.717, 1.165) is 44.2 Å². The van der Waals surface area contributed by atoms with Crippen LogP contribution >= 0.6 is 0 Å². The molecule has 2 atom stereocenters. The summed E-state index contributed by atoms with van der Waals surface area (Å²) >= 11 is 0. The summed E-state index contributed by atoms with van der Waals surface area (Å²) < 4.78 is 0. The number of hydrogen-bond donors (Lipinski definition) is 1. The molecule has 0 spiro atoms. The quantitative estimate of drug-likeness (QED) is 0.790. The van der Waals surface area contributed by atoms with Gasteiger partial charge in [-0.15, -0.1) is 0 Å². The second-order valence-corrected chi connectivity index (χ2v) is 6.33. The minimum Gasteiger partial charge on any atom is -0.342 e. The summed E-state index contributed by atoms with van der Waals surface area (Å²) in [6.07, 6.45) is 8.49. The van der Waals surface area contributed by atoms with Crippen molar-refractivity contribution in [3.8, 4) is 0 Å². The summed E-state index contributed by atoms with van der Waals surface area (Å²) in [7, 11) is 0. The number of amides is 1. The van der Waals surface area contributed by atoms with Crippen molar-refractivity contribution in [3.05, 3.63) is 0 Å². The van der Waals surface area contributed by atoms with Crippen LogP contribution in [0.3, 0.4) is 0 Å². The minimum absolute atomic E-state index is 0.128. The Kier molecular flexibility index (Phi) is 3.12. The van der Waals surface area contributed by atoms with Crippen molar-refractivity contribution < 1.29 is 4.79 Å². The molecule has 0 aromatic carbocycles. The van der Waals surface area contributed by atoms with Gasteiger partial charge in [0.1, 0.15) is 0 Å². The van der Waals surface area contributed by atoms with Crippen molar-refractivity contribution in [2.24, 2.45) is 23.5 Å². The maximum Gasteiger partial charge on any atom is 0.227 e. The SMILES string of the molecule is N[C@@H]1CCC[C@@H]1C(=O)N(CC1CC1)CC1CC1. The summed E-state index contributed by atoms with van der Waals surface area (Å²) in [5.41, 5.74) is 6.06. The fourth-order valence-electron chi connectivity index (χ4n) is 3.01. The van der Waals surface area contributed by atoms with E-state index >= 15 is 0 Å². The van der Waals surface area contributed by atoms with Gasteiger partial charge in [-0.25, -0.2) is 0 Å². The normalized spacial score (nSPS) is 32.8. The Hall–Kier alpha value is -0.570. The lowest BCUT2D eigenvalue weighted by Gasteiger charge is -2.27. The van der Waals surface area contributed by atoms with E-state index in [4.69, 9.17) is 5.73 Å². The van der Waals surface area contributed by atoms with Crippen molar-refractivity contribution in [3.63, 3.8) is 0 Å². The highest BCUT2D eigenvalue weighted by Crippen LogP contribution is 2.35. The van der Waals surface area contributed by atoms with Gasteiger partial charge in [0.05, 0.1) is 5.92 Å². The molecule has 0 unspecified atom stereocenters. The standard InChI is InChI=1S/C14H24N2O/c15-13-3-1-2-12(13)14(17)16(8-10-4-5-10)9-11-6-7-11/h10-13H,1-9,15H2/t12-,13+/m0/s1. The Bertz CT molecular complexity index is 283.